The zero-order chi connectivity index (χ0) is 15.5. The summed E-state index contributed by atoms with van der Waals surface area (Å²) >= 11 is 1.37. The second kappa shape index (κ2) is 6.61. The van der Waals surface area contributed by atoms with E-state index in [-0.39, 0.29) is 24.2 Å². The monoisotopic (exact) mass is 307 g/mol. The Hall–Kier alpha value is -1.35. The highest BCUT2D eigenvalue weighted by Gasteiger charge is 2.30. The van der Waals surface area contributed by atoms with Crippen molar-refractivity contribution in [3.63, 3.8) is 0 Å². The van der Waals surface area contributed by atoms with Crippen LogP contribution >= 0.6 is 11.3 Å². The van der Waals surface area contributed by atoms with E-state index in [2.05, 4.69) is 17.2 Å². The molecule has 1 fully saturated rings. The van der Waals surface area contributed by atoms with E-state index in [0.717, 1.165) is 23.3 Å². The highest BCUT2D eigenvalue weighted by Crippen LogP contribution is 2.25. The fraction of sp³-hybridized carbons (Fsp3) is 0.562. The molecule has 2 heterocycles. The number of carbonyl (C=O) groups excluding carboxylic acids is 1. The predicted molar refractivity (Wildman–Crippen MR) is 83.5 cm³/mol. The number of carbonyl (C=O) groups is 1. The van der Waals surface area contributed by atoms with Crippen molar-refractivity contribution in [1.29, 1.82) is 0 Å². The topological polar surface area (TPSA) is 58.6 Å². The maximum absolute atomic E-state index is 12.3. The van der Waals surface area contributed by atoms with E-state index in [4.69, 9.17) is 9.84 Å². The number of aryl methyl sites for hydroxylation is 1. The van der Waals surface area contributed by atoms with Crippen LogP contribution < -0.4 is 5.32 Å². The number of hydrogen-bond acceptors (Lipinski definition) is 4. The zero-order valence-electron chi connectivity index (χ0n) is 12.7. The number of thiophene rings is 1. The molecule has 1 unspecified atom stereocenters. The van der Waals surface area contributed by atoms with Crippen LogP contribution in [0.1, 0.15) is 46.8 Å². The van der Waals surface area contributed by atoms with E-state index >= 15 is 0 Å². The van der Waals surface area contributed by atoms with Crippen molar-refractivity contribution >= 4 is 17.2 Å². The zero-order valence-corrected chi connectivity index (χ0v) is 13.5. The molecule has 0 saturated carbocycles. The van der Waals surface area contributed by atoms with Gasteiger partial charge in [-0.3, -0.25) is 4.79 Å². The number of aliphatic hydroxyl groups is 1. The Bertz CT molecular complexity index is 580. The molecule has 1 saturated heterocycles. The maximum Gasteiger partial charge on any atom is 0.261 e. The van der Waals surface area contributed by atoms with Gasteiger partial charge in [0.15, 0.2) is 0 Å². The van der Waals surface area contributed by atoms with E-state index in [9.17, 15) is 4.79 Å². The number of aliphatic hydroxyl groups excluding tert-OH is 1. The van der Waals surface area contributed by atoms with Gasteiger partial charge in [0.25, 0.3) is 5.91 Å². The average Bonchev–Trinajstić information content (AvgIpc) is 2.76. The Morgan fingerprint density at radius 1 is 1.62 bits per heavy atom. The van der Waals surface area contributed by atoms with Crippen LogP contribution in [0.3, 0.4) is 0 Å². The first kappa shape index (κ1) is 16.0. The lowest BCUT2D eigenvalue weighted by Crippen LogP contribution is -2.45. The lowest BCUT2D eigenvalue weighted by atomic mass is 9.94. The van der Waals surface area contributed by atoms with Gasteiger partial charge in [0.1, 0.15) is 6.61 Å². The maximum atomic E-state index is 12.3. The number of nitrogens with one attached hydrogen (secondary N) is 1. The summed E-state index contributed by atoms with van der Waals surface area (Å²) < 4.78 is 5.66. The van der Waals surface area contributed by atoms with Crippen LogP contribution in [0, 0.1) is 18.8 Å². The molecule has 1 aliphatic heterocycles. The summed E-state index contributed by atoms with van der Waals surface area (Å²) in [5.41, 5.74) is 0.790. The molecule has 114 valence electrons. The van der Waals surface area contributed by atoms with Crippen molar-refractivity contribution < 1.29 is 14.6 Å². The van der Waals surface area contributed by atoms with Crippen molar-refractivity contribution in [2.45, 2.75) is 45.3 Å². The minimum atomic E-state index is -0.181. The first-order valence-corrected chi connectivity index (χ1v) is 7.88. The minimum Gasteiger partial charge on any atom is -0.384 e. The molecule has 2 rings (SSSR count). The number of hydrogen-bond donors (Lipinski definition) is 2. The molecular weight excluding hydrogens is 286 g/mol. The third-order valence-electron chi connectivity index (χ3n) is 3.45. The van der Waals surface area contributed by atoms with Gasteiger partial charge in [-0.05, 0) is 45.2 Å². The Labute approximate surface area is 129 Å². The van der Waals surface area contributed by atoms with Crippen molar-refractivity contribution in [2.75, 3.05) is 13.2 Å². The second-order valence-electron chi connectivity index (χ2n) is 5.85. The summed E-state index contributed by atoms with van der Waals surface area (Å²) in [6.45, 7) is 6.52. The van der Waals surface area contributed by atoms with Crippen LogP contribution in [0.25, 0.3) is 0 Å². The molecule has 1 aromatic rings. The molecule has 0 aromatic carbocycles. The van der Waals surface area contributed by atoms with Crippen molar-refractivity contribution in [2.24, 2.45) is 0 Å². The number of rotatable bonds is 2. The summed E-state index contributed by atoms with van der Waals surface area (Å²) in [4.78, 5) is 13.8. The van der Waals surface area contributed by atoms with Crippen LogP contribution in [0.4, 0.5) is 0 Å². The van der Waals surface area contributed by atoms with E-state index in [1.807, 2.05) is 26.8 Å². The highest BCUT2D eigenvalue weighted by molar-refractivity contribution is 7.14. The Morgan fingerprint density at radius 3 is 3.05 bits per heavy atom. The van der Waals surface area contributed by atoms with Gasteiger partial charge < -0.3 is 15.2 Å². The molecule has 1 aromatic heterocycles. The molecule has 1 atom stereocenters. The Balaban J connectivity index is 2.03. The van der Waals surface area contributed by atoms with Crippen LogP contribution in [0.5, 0.6) is 0 Å². The van der Waals surface area contributed by atoms with E-state index in [1.165, 1.54) is 11.3 Å². The second-order valence-corrected chi connectivity index (χ2v) is 6.91. The first-order chi connectivity index (χ1) is 9.91. The largest absolute Gasteiger partial charge is 0.384 e. The van der Waals surface area contributed by atoms with Crippen molar-refractivity contribution in [3.05, 3.63) is 21.4 Å². The normalized spacial score (nSPS) is 20.5. The molecule has 21 heavy (non-hydrogen) atoms. The quantitative estimate of drug-likeness (QED) is 0.823. The Morgan fingerprint density at radius 2 is 2.38 bits per heavy atom. The van der Waals surface area contributed by atoms with Gasteiger partial charge in [-0.1, -0.05) is 11.8 Å². The lowest BCUT2D eigenvalue weighted by Gasteiger charge is -2.35. The minimum absolute atomic E-state index is 0.0529. The number of ether oxygens (including phenoxy) is 1. The van der Waals surface area contributed by atoms with Gasteiger partial charge in [0, 0.05) is 12.6 Å². The summed E-state index contributed by atoms with van der Waals surface area (Å²) in [7, 11) is 0. The summed E-state index contributed by atoms with van der Waals surface area (Å²) in [5, 5.41) is 11.8. The fourth-order valence-electron chi connectivity index (χ4n) is 2.45. The molecule has 4 nitrogen and oxygen atoms in total. The summed E-state index contributed by atoms with van der Waals surface area (Å²) in [5.74, 6) is 5.44. The Kier molecular flexibility index (Phi) is 5.04. The average molecular weight is 307 g/mol. The summed E-state index contributed by atoms with van der Waals surface area (Å²) in [6.07, 6.45) is 1.66. The molecule has 0 spiro atoms. The molecule has 0 bridgehead atoms. The SMILES string of the molecule is Cc1cc(C(=O)NC2CCOC(C)(C)C2)sc1C#CCO. The van der Waals surface area contributed by atoms with Crippen LogP contribution in [-0.4, -0.2) is 35.9 Å². The molecule has 0 radical (unpaired) electrons. The molecule has 2 N–H and O–H groups in total. The molecule has 1 amide bonds. The van der Waals surface area contributed by atoms with Crippen LogP contribution in [0.15, 0.2) is 6.07 Å². The van der Waals surface area contributed by atoms with Crippen molar-refractivity contribution in [1.82, 2.24) is 5.32 Å². The van der Waals surface area contributed by atoms with Gasteiger partial charge in [-0.25, -0.2) is 0 Å². The molecule has 0 aliphatic carbocycles. The lowest BCUT2D eigenvalue weighted by molar-refractivity contribution is -0.0615. The standard InChI is InChI=1S/C16H21NO3S/c1-11-9-14(21-13(11)5-4-7-18)15(19)17-12-6-8-20-16(2,3)10-12/h9,12,18H,6-8,10H2,1-3H3,(H,17,19). The van der Waals surface area contributed by atoms with E-state index in [1.54, 1.807) is 0 Å². The van der Waals surface area contributed by atoms with Gasteiger partial charge in [0.05, 0.1) is 15.4 Å². The molecule has 1 aliphatic rings. The highest BCUT2D eigenvalue weighted by atomic mass is 32.1. The fourth-order valence-corrected chi connectivity index (χ4v) is 3.40. The van der Waals surface area contributed by atoms with Gasteiger partial charge in [-0.2, -0.15) is 0 Å². The third kappa shape index (κ3) is 4.31. The molecule has 5 heteroatoms. The van der Waals surface area contributed by atoms with Gasteiger partial charge in [-0.15, -0.1) is 11.3 Å². The van der Waals surface area contributed by atoms with Crippen molar-refractivity contribution in [3.8, 4) is 11.8 Å². The predicted octanol–water partition coefficient (Wildman–Crippen LogP) is 2.09. The molecular formula is C16H21NO3S. The van der Waals surface area contributed by atoms with Gasteiger partial charge >= 0.3 is 0 Å². The van der Waals surface area contributed by atoms with E-state index in [0.29, 0.717) is 11.5 Å². The smallest absolute Gasteiger partial charge is 0.261 e. The van der Waals surface area contributed by atoms with Crippen LogP contribution in [-0.2, 0) is 4.74 Å². The number of amides is 1. The summed E-state index contributed by atoms with van der Waals surface area (Å²) in [6, 6.07) is 2.00. The van der Waals surface area contributed by atoms with Gasteiger partial charge in [0.2, 0.25) is 0 Å². The third-order valence-corrected chi connectivity index (χ3v) is 4.61. The van der Waals surface area contributed by atoms with Crippen LogP contribution in [0.2, 0.25) is 0 Å². The van der Waals surface area contributed by atoms with E-state index < -0.39 is 0 Å². The first-order valence-electron chi connectivity index (χ1n) is 7.06.